The van der Waals surface area contributed by atoms with Crippen LogP contribution in [0.4, 0.5) is 15.8 Å². The normalized spacial score (nSPS) is 24.7. The van der Waals surface area contributed by atoms with E-state index < -0.39 is 5.82 Å². The van der Waals surface area contributed by atoms with Crippen molar-refractivity contribution in [3.63, 3.8) is 0 Å². The Morgan fingerprint density at radius 2 is 1.87 bits per heavy atom. The summed E-state index contributed by atoms with van der Waals surface area (Å²) in [5.41, 5.74) is 4.00. The summed E-state index contributed by atoms with van der Waals surface area (Å²) in [5.74, 6) is -0.415. The minimum Gasteiger partial charge on any atom is -0.375 e. The van der Waals surface area contributed by atoms with Crippen LogP contribution >= 0.6 is 0 Å². The van der Waals surface area contributed by atoms with Crippen molar-refractivity contribution in [1.82, 2.24) is 19.8 Å². The number of hydrogen-bond donors (Lipinski definition) is 1. The van der Waals surface area contributed by atoms with E-state index in [0.29, 0.717) is 24.3 Å². The number of fused-ring (bicyclic) bond motifs is 1. The van der Waals surface area contributed by atoms with Gasteiger partial charge in [0.15, 0.2) is 5.82 Å². The average molecular weight is 534 g/mol. The predicted molar refractivity (Wildman–Crippen MR) is 148 cm³/mol. The number of nitrogens with zero attached hydrogens (tertiary/aromatic N) is 6. The van der Waals surface area contributed by atoms with Crippen LogP contribution in [-0.2, 0) is 15.9 Å². The summed E-state index contributed by atoms with van der Waals surface area (Å²) >= 11 is 0. The summed E-state index contributed by atoms with van der Waals surface area (Å²) in [5, 5.41) is 16.9. The quantitative estimate of drug-likeness (QED) is 0.517. The van der Waals surface area contributed by atoms with Crippen LogP contribution in [0.3, 0.4) is 0 Å². The number of piperazine rings is 1. The molecule has 3 saturated heterocycles. The zero-order valence-electron chi connectivity index (χ0n) is 22.4. The molecule has 3 atom stereocenters. The van der Waals surface area contributed by atoms with Gasteiger partial charge >= 0.3 is 0 Å². The van der Waals surface area contributed by atoms with Crippen LogP contribution in [0, 0.1) is 17.1 Å². The van der Waals surface area contributed by atoms with Crippen LogP contribution in [0.15, 0.2) is 42.6 Å². The summed E-state index contributed by atoms with van der Waals surface area (Å²) in [6.07, 6.45) is 2.41. The second-order valence-corrected chi connectivity index (χ2v) is 10.8. The second kappa shape index (κ2) is 11.5. The standard InChI is InChI=1S/C29H36FN7O2/c1-21-18-36(28-7-6-24(15-31)37-29(28)27(30)17-33-37)20-26(39-21)19-34-9-11-35(12-10-34)23-4-2-22(3-5-23)14-25-16-32-8-13-38-25/h2-7,17,21,25-26,32H,8-14,16,18-20H2,1H3/t21-,25-,26+/m1/s1. The Bertz CT molecular complexity index is 1310. The van der Waals surface area contributed by atoms with Crippen molar-refractivity contribution in [2.24, 2.45) is 0 Å². The van der Waals surface area contributed by atoms with Crippen LogP contribution in [0.1, 0.15) is 18.2 Å². The first-order valence-corrected chi connectivity index (χ1v) is 13.9. The highest BCUT2D eigenvalue weighted by Gasteiger charge is 2.30. The molecule has 9 nitrogen and oxygen atoms in total. The Morgan fingerprint density at radius 1 is 1.05 bits per heavy atom. The fraction of sp³-hybridized carbons (Fsp3) is 0.517. The van der Waals surface area contributed by atoms with Gasteiger partial charge in [0.05, 0.1) is 36.8 Å². The van der Waals surface area contributed by atoms with Gasteiger partial charge in [-0.15, -0.1) is 0 Å². The van der Waals surface area contributed by atoms with Crippen molar-refractivity contribution in [2.45, 2.75) is 31.7 Å². The summed E-state index contributed by atoms with van der Waals surface area (Å²) in [7, 11) is 0. The number of benzene rings is 1. The molecule has 206 valence electrons. The number of anilines is 2. The van der Waals surface area contributed by atoms with Gasteiger partial charge in [-0.25, -0.2) is 8.91 Å². The lowest BCUT2D eigenvalue weighted by atomic mass is 10.1. The Morgan fingerprint density at radius 3 is 2.62 bits per heavy atom. The molecule has 3 aliphatic heterocycles. The third-order valence-electron chi connectivity index (χ3n) is 7.98. The number of nitrogens with one attached hydrogen (secondary N) is 1. The first kappa shape index (κ1) is 26.0. The highest BCUT2D eigenvalue weighted by atomic mass is 19.1. The molecular formula is C29H36FN7O2. The molecule has 5 heterocycles. The number of halogens is 1. The Kier molecular flexibility index (Phi) is 7.66. The van der Waals surface area contributed by atoms with Gasteiger partial charge in [0.25, 0.3) is 0 Å². The molecule has 0 unspecified atom stereocenters. The van der Waals surface area contributed by atoms with E-state index in [9.17, 15) is 9.65 Å². The number of nitriles is 1. The highest BCUT2D eigenvalue weighted by Crippen LogP contribution is 2.29. The number of rotatable bonds is 6. The number of aromatic nitrogens is 2. The minimum atomic E-state index is -0.415. The van der Waals surface area contributed by atoms with E-state index in [4.69, 9.17) is 9.47 Å². The van der Waals surface area contributed by atoms with Gasteiger partial charge < -0.3 is 24.6 Å². The maximum atomic E-state index is 14.7. The smallest absolute Gasteiger partial charge is 0.171 e. The number of hydrogen-bond acceptors (Lipinski definition) is 8. The molecular weight excluding hydrogens is 497 g/mol. The topological polar surface area (TPSA) is 81.3 Å². The monoisotopic (exact) mass is 533 g/mol. The average Bonchev–Trinajstić information content (AvgIpc) is 3.35. The third-order valence-corrected chi connectivity index (χ3v) is 7.98. The fourth-order valence-corrected chi connectivity index (χ4v) is 6.07. The van der Waals surface area contributed by atoms with Gasteiger partial charge in [0, 0.05) is 64.6 Å². The Labute approximate surface area is 228 Å². The minimum absolute atomic E-state index is 0.0118. The Balaban J connectivity index is 1.05. The first-order valence-electron chi connectivity index (χ1n) is 13.9. The second-order valence-electron chi connectivity index (χ2n) is 10.8. The van der Waals surface area contributed by atoms with E-state index in [2.05, 4.69) is 62.4 Å². The molecule has 39 heavy (non-hydrogen) atoms. The Hall–Kier alpha value is -3.23. The molecule has 0 bridgehead atoms. The van der Waals surface area contributed by atoms with Crippen molar-refractivity contribution in [2.75, 3.05) is 75.3 Å². The molecule has 0 radical (unpaired) electrons. The van der Waals surface area contributed by atoms with Crippen molar-refractivity contribution in [3.05, 3.63) is 59.7 Å². The van der Waals surface area contributed by atoms with E-state index in [1.165, 1.54) is 22.0 Å². The number of pyridine rings is 1. The van der Waals surface area contributed by atoms with Gasteiger partial charge in [-0.2, -0.15) is 10.4 Å². The molecule has 0 aliphatic carbocycles. The first-order chi connectivity index (χ1) is 19.1. The van der Waals surface area contributed by atoms with Crippen LogP contribution in [0.2, 0.25) is 0 Å². The van der Waals surface area contributed by atoms with E-state index >= 15 is 0 Å². The molecule has 3 fully saturated rings. The number of morpholine rings is 2. The predicted octanol–water partition coefficient (Wildman–Crippen LogP) is 2.29. The van der Waals surface area contributed by atoms with Gasteiger partial charge in [-0.3, -0.25) is 4.90 Å². The summed E-state index contributed by atoms with van der Waals surface area (Å²) in [4.78, 5) is 7.09. The van der Waals surface area contributed by atoms with Crippen molar-refractivity contribution in [1.29, 1.82) is 5.26 Å². The lowest BCUT2D eigenvalue weighted by molar-refractivity contribution is -0.0327. The molecule has 3 aliphatic rings. The zero-order chi connectivity index (χ0) is 26.8. The summed E-state index contributed by atoms with van der Waals surface area (Å²) in [6, 6.07) is 14.6. The van der Waals surface area contributed by atoms with Crippen molar-refractivity contribution in [3.8, 4) is 6.07 Å². The van der Waals surface area contributed by atoms with E-state index in [0.717, 1.165) is 64.5 Å². The maximum Gasteiger partial charge on any atom is 0.171 e. The molecule has 6 rings (SSSR count). The van der Waals surface area contributed by atoms with Crippen molar-refractivity contribution < 1.29 is 13.9 Å². The molecule has 3 aromatic rings. The van der Waals surface area contributed by atoms with Gasteiger partial charge in [-0.1, -0.05) is 12.1 Å². The SMILES string of the molecule is C[C@@H]1CN(c2ccc(C#N)n3ncc(F)c23)C[C@H](CN2CCN(c3ccc(C[C@@H]4CNCCO4)cc3)CC2)O1. The number of ether oxygens (including phenoxy) is 2. The van der Waals surface area contributed by atoms with Gasteiger partial charge in [0.2, 0.25) is 0 Å². The van der Waals surface area contributed by atoms with Gasteiger partial charge in [-0.05, 0) is 43.2 Å². The maximum absolute atomic E-state index is 14.7. The molecule has 0 spiro atoms. The molecule has 10 heteroatoms. The highest BCUT2D eigenvalue weighted by molar-refractivity contribution is 5.74. The van der Waals surface area contributed by atoms with Crippen LogP contribution in [0.25, 0.3) is 5.52 Å². The molecule has 2 aromatic heterocycles. The molecule has 0 saturated carbocycles. The van der Waals surface area contributed by atoms with Crippen LogP contribution < -0.4 is 15.1 Å². The lowest BCUT2D eigenvalue weighted by Crippen LogP contribution is -2.54. The molecule has 1 N–H and O–H groups in total. The zero-order valence-corrected chi connectivity index (χ0v) is 22.4. The third kappa shape index (κ3) is 5.72. The van der Waals surface area contributed by atoms with Crippen molar-refractivity contribution >= 4 is 16.9 Å². The largest absolute Gasteiger partial charge is 0.375 e. The van der Waals surface area contributed by atoms with Crippen LogP contribution in [-0.4, -0.2) is 98.3 Å². The molecule has 0 amide bonds. The van der Waals surface area contributed by atoms with E-state index in [1.807, 2.05) is 6.07 Å². The fourth-order valence-electron chi connectivity index (χ4n) is 6.07. The van der Waals surface area contributed by atoms with Gasteiger partial charge in [0.1, 0.15) is 17.3 Å². The summed E-state index contributed by atoms with van der Waals surface area (Å²) in [6.45, 7) is 10.7. The van der Waals surface area contributed by atoms with E-state index in [-0.39, 0.29) is 18.3 Å². The molecule has 1 aromatic carbocycles. The lowest BCUT2D eigenvalue weighted by Gasteiger charge is -2.42. The summed E-state index contributed by atoms with van der Waals surface area (Å²) < 4.78 is 28.2. The van der Waals surface area contributed by atoms with Crippen LogP contribution in [0.5, 0.6) is 0 Å². The van der Waals surface area contributed by atoms with E-state index in [1.54, 1.807) is 6.07 Å².